The summed E-state index contributed by atoms with van der Waals surface area (Å²) in [4.78, 5) is 10.3. The van der Waals surface area contributed by atoms with Crippen LogP contribution in [0.4, 0.5) is 0 Å². The van der Waals surface area contributed by atoms with Gasteiger partial charge in [-0.05, 0) is 38.5 Å². The van der Waals surface area contributed by atoms with Crippen molar-refractivity contribution in [2.45, 2.75) is 122 Å². The normalized spacial score (nSPS) is 11.4. The summed E-state index contributed by atoms with van der Waals surface area (Å²) in [6, 6.07) is 0. The fourth-order valence-corrected chi connectivity index (χ4v) is 3.05. The van der Waals surface area contributed by atoms with Crippen molar-refractivity contribution in [2.75, 3.05) is 0 Å². The SMILES string of the molecule is CCCCCCCCCC/C=C\CCCCCCCCCC(=O)[O-]. The fraction of sp³-hybridized carbons (Fsp3) is 0.864. The number of rotatable bonds is 19. The van der Waals surface area contributed by atoms with E-state index in [9.17, 15) is 9.90 Å². The average Bonchev–Trinajstić information content (AvgIpc) is 2.56. The minimum Gasteiger partial charge on any atom is -0.550 e. The molecule has 0 saturated heterocycles. The van der Waals surface area contributed by atoms with Crippen LogP contribution < -0.4 is 5.11 Å². The molecule has 0 rings (SSSR count). The average molecular weight is 338 g/mol. The first-order valence-electron chi connectivity index (χ1n) is 10.6. The van der Waals surface area contributed by atoms with Crippen molar-refractivity contribution in [2.24, 2.45) is 0 Å². The van der Waals surface area contributed by atoms with Crippen LogP contribution in [-0.2, 0) is 4.79 Å². The van der Waals surface area contributed by atoms with E-state index in [2.05, 4.69) is 19.1 Å². The van der Waals surface area contributed by atoms with E-state index in [0.717, 1.165) is 12.8 Å². The predicted octanol–water partition coefficient (Wildman–Crippen LogP) is 6.33. The van der Waals surface area contributed by atoms with Crippen LogP contribution in [-0.4, -0.2) is 5.97 Å². The Balaban J connectivity index is 3.07. The number of carbonyl (C=O) groups is 1. The summed E-state index contributed by atoms with van der Waals surface area (Å²) in [7, 11) is 0. The van der Waals surface area contributed by atoms with Gasteiger partial charge < -0.3 is 9.90 Å². The molecule has 2 nitrogen and oxygen atoms in total. The first-order chi connectivity index (χ1) is 11.8. The first kappa shape index (κ1) is 23.2. The summed E-state index contributed by atoms with van der Waals surface area (Å²) in [5, 5.41) is 10.3. The Labute approximate surface area is 151 Å². The zero-order chi connectivity index (χ0) is 17.7. The summed E-state index contributed by atoms with van der Waals surface area (Å²) in [5.74, 6) is -0.909. The lowest BCUT2D eigenvalue weighted by atomic mass is 10.1. The number of carbonyl (C=O) groups excluding carboxylic acids is 1. The topological polar surface area (TPSA) is 40.1 Å². The summed E-state index contributed by atoms with van der Waals surface area (Å²) < 4.78 is 0. The third kappa shape index (κ3) is 21.2. The van der Waals surface area contributed by atoms with E-state index in [1.165, 1.54) is 96.3 Å². The van der Waals surface area contributed by atoms with Crippen LogP contribution >= 0.6 is 0 Å². The van der Waals surface area contributed by atoms with Gasteiger partial charge in [0.2, 0.25) is 0 Å². The van der Waals surface area contributed by atoms with Crippen molar-refractivity contribution < 1.29 is 9.90 Å². The zero-order valence-electron chi connectivity index (χ0n) is 16.2. The van der Waals surface area contributed by atoms with Crippen molar-refractivity contribution in [3.63, 3.8) is 0 Å². The maximum Gasteiger partial charge on any atom is 0.0414 e. The number of aliphatic carboxylic acids is 1. The highest BCUT2D eigenvalue weighted by molar-refractivity contribution is 5.63. The van der Waals surface area contributed by atoms with Gasteiger partial charge in [0.05, 0.1) is 0 Å². The zero-order valence-corrected chi connectivity index (χ0v) is 16.2. The van der Waals surface area contributed by atoms with Gasteiger partial charge in [-0.3, -0.25) is 0 Å². The number of carboxylic acid groups (broad SMARTS) is 1. The number of unbranched alkanes of at least 4 members (excludes halogenated alkanes) is 15. The Hall–Kier alpha value is -0.790. The largest absolute Gasteiger partial charge is 0.550 e. The molecular formula is C22H41O2-. The predicted molar refractivity (Wildman–Crippen MR) is 103 cm³/mol. The fourth-order valence-electron chi connectivity index (χ4n) is 3.05. The van der Waals surface area contributed by atoms with E-state index < -0.39 is 5.97 Å². The van der Waals surface area contributed by atoms with E-state index in [1.54, 1.807) is 0 Å². The summed E-state index contributed by atoms with van der Waals surface area (Å²) in [5.41, 5.74) is 0. The van der Waals surface area contributed by atoms with Gasteiger partial charge in [-0.2, -0.15) is 0 Å². The second kappa shape index (κ2) is 20.3. The van der Waals surface area contributed by atoms with Gasteiger partial charge in [0.15, 0.2) is 0 Å². The molecule has 0 aliphatic rings. The van der Waals surface area contributed by atoms with Crippen LogP contribution in [0.15, 0.2) is 12.2 Å². The highest BCUT2D eigenvalue weighted by Gasteiger charge is 1.93. The molecule has 0 aromatic heterocycles. The number of hydrogen-bond acceptors (Lipinski definition) is 2. The third-order valence-electron chi connectivity index (χ3n) is 4.64. The molecule has 0 N–H and O–H groups in total. The van der Waals surface area contributed by atoms with Crippen molar-refractivity contribution in [1.82, 2.24) is 0 Å². The summed E-state index contributed by atoms with van der Waals surface area (Å²) in [6.45, 7) is 2.27. The molecule has 0 atom stereocenters. The standard InChI is InChI=1S/C22H42O2/c1-2-3-4-5-6-7-8-9-10-11-12-13-14-15-16-17-18-19-20-21-22(23)24/h11-12H,2-10,13-21H2,1H3,(H,23,24)/p-1/b12-11-. The molecule has 0 spiro atoms. The van der Waals surface area contributed by atoms with E-state index in [-0.39, 0.29) is 6.42 Å². The highest BCUT2D eigenvalue weighted by atomic mass is 16.4. The van der Waals surface area contributed by atoms with Gasteiger partial charge in [-0.1, -0.05) is 96.1 Å². The van der Waals surface area contributed by atoms with Crippen molar-refractivity contribution in [3.05, 3.63) is 12.2 Å². The third-order valence-corrected chi connectivity index (χ3v) is 4.64. The second-order valence-corrected chi connectivity index (χ2v) is 7.12. The van der Waals surface area contributed by atoms with Crippen LogP contribution in [0.25, 0.3) is 0 Å². The molecule has 24 heavy (non-hydrogen) atoms. The molecule has 142 valence electrons. The van der Waals surface area contributed by atoms with Gasteiger partial charge >= 0.3 is 0 Å². The Bertz CT molecular complexity index is 284. The van der Waals surface area contributed by atoms with Crippen LogP contribution in [0.3, 0.4) is 0 Å². The summed E-state index contributed by atoms with van der Waals surface area (Å²) in [6.07, 6.45) is 26.8. The monoisotopic (exact) mass is 337 g/mol. The second-order valence-electron chi connectivity index (χ2n) is 7.12. The van der Waals surface area contributed by atoms with Gasteiger partial charge in [-0.15, -0.1) is 0 Å². The summed E-state index contributed by atoms with van der Waals surface area (Å²) >= 11 is 0. The Kier molecular flexibility index (Phi) is 19.6. The lowest BCUT2D eigenvalue weighted by Crippen LogP contribution is -2.21. The first-order valence-corrected chi connectivity index (χ1v) is 10.6. The van der Waals surface area contributed by atoms with Gasteiger partial charge in [0.1, 0.15) is 0 Å². The number of carboxylic acids is 1. The van der Waals surface area contributed by atoms with E-state index in [4.69, 9.17) is 0 Å². The van der Waals surface area contributed by atoms with E-state index in [1.807, 2.05) is 0 Å². The highest BCUT2D eigenvalue weighted by Crippen LogP contribution is 2.11. The number of hydrogen-bond donors (Lipinski definition) is 0. The van der Waals surface area contributed by atoms with Crippen LogP contribution in [0, 0.1) is 0 Å². The number of allylic oxidation sites excluding steroid dienone is 2. The molecule has 0 aromatic rings. The minimum atomic E-state index is -0.909. The van der Waals surface area contributed by atoms with Gasteiger partial charge in [-0.25, -0.2) is 0 Å². The van der Waals surface area contributed by atoms with Crippen molar-refractivity contribution in [3.8, 4) is 0 Å². The molecule has 0 unspecified atom stereocenters. The van der Waals surface area contributed by atoms with E-state index in [0.29, 0.717) is 0 Å². The molecule has 0 aliphatic carbocycles. The van der Waals surface area contributed by atoms with Gasteiger partial charge in [0.25, 0.3) is 0 Å². The smallest absolute Gasteiger partial charge is 0.0414 e. The maximum atomic E-state index is 10.3. The van der Waals surface area contributed by atoms with Crippen LogP contribution in [0.1, 0.15) is 122 Å². The molecule has 0 bridgehead atoms. The molecule has 2 heteroatoms. The molecule has 0 aromatic carbocycles. The molecule has 0 radical (unpaired) electrons. The van der Waals surface area contributed by atoms with Crippen LogP contribution in [0.2, 0.25) is 0 Å². The van der Waals surface area contributed by atoms with Crippen LogP contribution in [0.5, 0.6) is 0 Å². The molecule has 0 heterocycles. The lowest BCUT2D eigenvalue weighted by Gasteiger charge is -2.02. The molecule has 0 amide bonds. The molecular weight excluding hydrogens is 296 g/mol. The Morgan fingerprint density at radius 1 is 0.625 bits per heavy atom. The quantitative estimate of drug-likeness (QED) is 0.204. The Morgan fingerprint density at radius 2 is 1.00 bits per heavy atom. The van der Waals surface area contributed by atoms with E-state index >= 15 is 0 Å². The maximum absolute atomic E-state index is 10.3. The molecule has 0 saturated carbocycles. The molecule has 0 fully saturated rings. The Morgan fingerprint density at radius 3 is 1.42 bits per heavy atom. The minimum absolute atomic E-state index is 0.226. The molecule has 0 aliphatic heterocycles. The lowest BCUT2D eigenvalue weighted by molar-refractivity contribution is -0.305. The van der Waals surface area contributed by atoms with Crippen molar-refractivity contribution >= 4 is 5.97 Å². The van der Waals surface area contributed by atoms with Gasteiger partial charge in [0, 0.05) is 5.97 Å². The van der Waals surface area contributed by atoms with Crippen molar-refractivity contribution in [1.29, 1.82) is 0 Å².